The molecule has 1 rings (SSSR count). The molecule has 6 heteroatoms. The van der Waals surface area contributed by atoms with Crippen molar-refractivity contribution in [3.63, 3.8) is 0 Å². The molecule has 0 fully saturated rings. The van der Waals surface area contributed by atoms with Crippen molar-refractivity contribution in [2.24, 2.45) is 5.73 Å². The van der Waals surface area contributed by atoms with Gasteiger partial charge in [-0.05, 0) is 18.6 Å². The zero-order chi connectivity index (χ0) is 11.8. The molecule has 0 radical (unpaired) electrons. The SMILES string of the molecule is Cc1ccc(N)c([N+](=O)[O-])c1.NCCO. The number of hydrogen-bond acceptors (Lipinski definition) is 5. The quantitative estimate of drug-likeness (QED) is 0.374. The molecule has 1 aromatic carbocycles. The first kappa shape index (κ1) is 13.3. The van der Waals surface area contributed by atoms with Crippen LogP contribution >= 0.6 is 0 Å². The first-order chi connectivity index (χ1) is 7.02. The number of aryl methyl sites for hydroxylation is 1. The summed E-state index contributed by atoms with van der Waals surface area (Å²) < 4.78 is 0. The number of nitrogens with zero attached hydrogens (tertiary/aromatic N) is 1. The van der Waals surface area contributed by atoms with Gasteiger partial charge in [0, 0.05) is 12.6 Å². The molecular weight excluding hydrogens is 198 g/mol. The minimum Gasteiger partial charge on any atom is -0.395 e. The lowest BCUT2D eigenvalue weighted by atomic mass is 10.2. The van der Waals surface area contributed by atoms with Gasteiger partial charge in [0.1, 0.15) is 5.69 Å². The summed E-state index contributed by atoms with van der Waals surface area (Å²) in [5.74, 6) is 0. The van der Waals surface area contributed by atoms with Crippen LogP contribution in [0.25, 0.3) is 0 Å². The Kier molecular flexibility index (Phi) is 6.00. The predicted molar refractivity (Wildman–Crippen MR) is 58.4 cm³/mol. The number of aliphatic hydroxyl groups excluding tert-OH is 1. The van der Waals surface area contributed by atoms with Gasteiger partial charge in [-0.2, -0.15) is 0 Å². The summed E-state index contributed by atoms with van der Waals surface area (Å²) in [5, 5.41) is 18.0. The highest BCUT2D eigenvalue weighted by Gasteiger charge is 2.09. The fourth-order valence-electron chi connectivity index (χ4n) is 0.812. The molecule has 0 heterocycles. The predicted octanol–water partition coefficient (Wildman–Crippen LogP) is 0.423. The fourth-order valence-corrected chi connectivity index (χ4v) is 0.812. The lowest BCUT2D eigenvalue weighted by Crippen LogP contribution is -2.02. The number of benzene rings is 1. The Morgan fingerprint density at radius 2 is 2.07 bits per heavy atom. The van der Waals surface area contributed by atoms with E-state index in [0.717, 1.165) is 5.56 Å². The summed E-state index contributed by atoms with van der Waals surface area (Å²) in [4.78, 5) is 9.82. The Morgan fingerprint density at radius 1 is 1.53 bits per heavy atom. The van der Waals surface area contributed by atoms with Gasteiger partial charge in [-0.15, -0.1) is 0 Å². The molecule has 0 amide bonds. The molecular formula is C9H15N3O3. The molecule has 0 atom stereocenters. The van der Waals surface area contributed by atoms with E-state index in [0.29, 0.717) is 6.54 Å². The van der Waals surface area contributed by atoms with Crippen molar-refractivity contribution in [3.05, 3.63) is 33.9 Å². The van der Waals surface area contributed by atoms with Gasteiger partial charge in [0.25, 0.3) is 5.69 Å². The lowest BCUT2D eigenvalue weighted by molar-refractivity contribution is -0.383. The van der Waals surface area contributed by atoms with E-state index in [2.05, 4.69) is 0 Å². The molecule has 1 aromatic rings. The molecule has 0 aliphatic carbocycles. The molecule has 0 aliphatic rings. The lowest BCUT2D eigenvalue weighted by Gasteiger charge is -1.96. The number of anilines is 1. The van der Waals surface area contributed by atoms with Gasteiger partial charge in [-0.25, -0.2) is 0 Å². The van der Waals surface area contributed by atoms with Crippen molar-refractivity contribution >= 4 is 11.4 Å². The largest absolute Gasteiger partial charge is 0.395 e. The van der Waals surface area contributed by atoms with Crippen LogP contribution < -0.4 is 11.5 Å². The fraction of sp³-hybridized carbons (Fsp3) is 0.333. The number of rotatable bonds is 2. The topological polar surface area (TPSA) is 115 Å². The highest BCUT2D eigenvalue weighted by atomic mass is 16.6. The number of aliphatic hydroxyl groups is 1. The molecule has 84 valence electrons. The van der Waals surface area contributed by atoms with Crippen molar-refractivity contribution in [3.8, 4) is 0 Å². The molecule has 6 nitrogen and oxygen atoms in total. The van der Waals surface area contributed by atoms with E-state index in [9.17, 15) is 10.1 Å². The maximum Gasteiger partial charge on any atom is 0.292 e. The van der Waals surface area contributed by atoms with Gasteiger partial charge in [-0.3, -0.25) is 10.1 Å². The molecule has 0 saturated carbocycles. The van der Waals surface area contributed by atoms with Gasteiger partial charge >= 0.3 is 0 Å². The van der Waals surface area contributed by atoms with Gasteiger partial charge in [0.15, 0.2) is 0 Å². The molecule has 0 saturated heterocycles. The minimum atomic E-state index is -0.484. The number of nitro benzene ring substituents is 1. The normalized spacial score (nSPS) is 9.00. The Bertz CT molecular complexity index is 326. The van der Waals surface area contributed by atoms with Crippen molar-refractivity contribution in [2.45, 2.75) is 6.92 Å². The first-order valence-corrected chi connectivity index (χ1v) is 4.34. The summed E-state index contributed by atoms with van der Waals surface area (Å²) in [6.07, 6.45) is 0. The van der Waals surface area contributed by atoms with Crippen molar-refractivity contribution < 1.29 is 10.0 Å². The second kappa shape index (κ2) is 6.74. The van der Waals surface area contributed by atoms with Gasteiger partial charge < -0.3 is 16.6 Å². The van der Waals surface area contributed by atoms with Crippen molar-refractivity contribution in [1.29, 1.82) is 0 Å². The van der Waals surface area contributed by atoms with E-state index in [1.54, 1.807) is 13.0 Å². The van der Waals surface area contributed by atoms with Crippen LogP contribution in [0.15, 0.2) is 18.2 Å². The smallest absolute Gasteiger partial charge is 0.292 e. The van der Waals surface area contributed by atoms with Crippen LogP contribution in [0.5, 0.6) is 0 Å². The van der Waals surface area contributed by atoms with Crippen LogP contribution in [0.1, 0.15) is 5.56 Å². The number of nitro groups is 1. The second-order valence-corrected chi connectivity index (χ2v) is 2.83. The van der Waals surface area contributed by atoms with E-state index in [1.807, 2.05) is 0 Å². The Labute approximate surface area is 87.7 Å². The van der Waals surface area contributed by atoms with Crippen LogP contribution in [0, 0.1) is 17.0 Å². The molecule has 0 aliphatic heterocycles. The Morgan fingerprint density at radius 3 is 2.40 bits per heavy atom. The van der Waals surface area contributed by atoms with E-state index >= 15 is 0 Å². The van der Waals surface area contributed by atoms with Gasteiger partial charge in [0.2, 0.25) is 0 Å². The third-order valence-corrected chi connectivity index (χ3v) is 1.51. The zero-order valence-corrected chi connectivity index (χ0v) is 8.51. The van der Waals surface area contributed by atoms with Crippen molar-refractivity contribution in [2.75, 3.05) is 18.9 Å². The van der Waals surface area contributed by atoms with E-state index < -0.39 is 4.92 Å². The second-order valence-electron chi connectivity index (χ2n) is 2.83. The van der Waals surface area contributed by atoms with Crippen LogP contribution in [0.3, 0.4) is 0 Å². The van der Waals surface area contributed by atoms with E-state index in [-0.39, 0.29) is 18.0 Å². The molecule has 0 aromatic heterocycles. The van der Waals surface area contributed by atoms with Crippen molar-refractivity contribution in [1.82, 2.24) is 0 Å². The van der Waals surface area contributed by atoms with Crippen LogP contribution in [-0.2, 0) is 0 Å². The minimum absolute atomic E-state index is 0.0231. The number of nitrogen functional groups attached to an aromatic ring is 1. The average molecular weight is 213 g/mol. The Hall–Kier alpha value is -1.66. The molecule has 5 N–H and O–H groups in total. The molecule has 0 spiro atoms. The molecule has 0 unspecified atom stereocenters. The van der Waals surface area contributed by atoms with Gasteiger partial charge in [-0.1, -0.05) is 6.07 Å². The van der Waals surface area contributed by atoms with Crippen LogP contribution in [-0.4, -0.2) is 23.2 Å². The number of nitrogens with two attached hydrogens (primary N) is 2. The maximum absolute atomic E-state index is 10.3. The number of hydrogen-bond donors (Lipinski definition) is 3. The monoisotopic (exact) mass is 213 g/mol. The Balaban J connectivity index is 0.000000423. The first-order valence-electron chi connectivity index (χ1n) is 4.34. The zero-order valence-electron chi connectivity index (χ0n) is 8.51. The highest BCUT2D eigenvalue weighted by molar-refractivity contribution is 5.58. The summed E-state index contributed by atoms with van der Waals surface area (Å²) >= 11 is 0. The summed E-state index contributed by atoms with van der Waals surface area (Å²) in [7, 11) is 0. The third-order valence-electron chi connectivity index (χ3n) is 1.51. The van der Waals surface area contributed by atoms with Crippen LogP contribution in [0.4, 0.5) is 11.4 Å². The standard InChI is InChI=1S/C7H8N2O2.C2H7NO/c1-5-2-3-6(8)7(4-5)9(10)11;3-1-2-4/h2-4H,8H2,1H3;4H,1-3H2. The average Bonchev–Trinajstić information content (AvgIpc) is 2.22. The maximum atomic E-state index is 10.3. The van der Waals surface area contributed by atoms with Crippen LogP contribution in [0.2, 0.25) is 0 Å². The molecule has 15 heavy (non-hydrogen) atoms. The van der Waals surface area contributed by atoms with E-state index in [1.165, 1.54) is 12.1 Å². The molecule has 0 bridgehead atoms. The third kappa shape index (κ3) is 4.94. The summed E-state index contributed by atoms with van der Waals surface area (Å²) in [6, 6.07) is 4.73. The summed E-state index contributed by atoms with van der Waals surface area (Å²) in [6.45, 7) is 2.26. The summed E-state index contributed by atoms with van der Waals surface area (Å²) in [5.41, 5.74) is 11.2. The van der Waals surface area contributed by atoms with E-state index in [4.69, 9.17) is 16.6 Å². The highest BCUT2D eigenvalue weighted by Crippen LogP contribution is 2.21. The van der Waals surface area contributed by atoms with Gasteiger partial charge in [0.05, 0.1) is 11.5 Å².